The third kappa shape index (κ3) is 39.3. The lowest BCUT2D eigenvalue weighted by Crippen LogP contribution is -1.95. The molecule has 0 aromatic rings. The molecule has 0 heterocycles. The second-order valence-corrected chi connectivity index (χ2v) is 8.35. The van der Waals surface area contributed by atoms with Gasteiger partial charge >= 0.3 is 0 Å². The zero-order chi connectivity index (χ0) is 24.3. The highest BCUT2D eigenvalue weighted by Crippen LogP contribution is 2.06. The van der Waals surface area contributed by atoms with Crippen LogP contribution in [0.25, 0.3) is 0 Å². The minimum absolute atomic E-state index is 0.844. The topological polar surface area (TPSA) is 55.5 Å². The van der Waals surface area contributed by atoms with Crippen LogP contribution in [0.15, 0.2) is 51.6 Å². The fourth-order valence-electron chi connectivity index (χ4n) is 2.17. The van der Waals surface area contributed by atoms with Gasteiger partial charge in [-0.25, -0.2) is 0 Å². The maximum Gasteiger partial charge on any atom is 0.142 e. The third-order valence-electron chi connectivity index (χ3n) is 4.20. The number of carbonyl (C=O) groups is 1. The first-order valence-corrected chi connectivity index (χ1v) is 12.0. The highest BCUT2D eigenvalue weighted by atomic mass is 16.1. The smallest absolute Gasteiger partial charge is 0.142 e. The highest BCUT2D eigenvalue weighted by Gasteiger charge is 1.87. The van der Waals surface area contributed by atoms with Crippen molar-refractivity contribution in [3.05, 3.63) is 46.6 Å². The molecule has 0 radical (unpaired) electrons. The Bertz CT molecular complexity index is 541. The van der Waals surface area contributed by atoms with Crippen LogP contribution >= 0.6 is 0 Å². The first-order chi connectivity index (χ1) is 14.7. The fourth-order valence-corrected chi connectivity index (χ4v) is 2.17. The number of hydrogen-bond acceptors (Lipinski definition) is 3. The Balaban J connectivity index is -0.000000428. The summed E-state index contributed by atoms with van der Waals surface area (Å²) in [7, 11) is 0. The van der Waals surface area contributed by atoms with E-state index < -0.39 is 0 Å². The molecular weight excluding hydrogens is 380 g/mol. The molecule has 0 saturated carbocycles. The largest absolute Gasteiger partial charge is 0.330 e. The lowest BCUT2D eigenvalue weighted by atomic mass is 10.1. The van der Waals surface area contributed by atoms with Crippen molar-refractivity contribution in [3.63, 3.8) is 0 Å². The van der Waals surface area contributed by atoms with Crippen molar-refractivity contribution in [1.29, 1.82) is 0 Å². The summed E-state index contributed by atoms with van der Waals surface area (Å²) in [4.78, 5) is 14.3. The standard InChI is InChI=1S/C14H25N.C10H16O.C4H11N/c1-5-6-11-15-12-10-14(4)9-7-8-13(2)3;1-9(2)5-4-6-10(3)7-8-11;1-2-3-4-5/h8,10,12H,5-7,9,11H2,1-4H3;5,7-8H,4,6H2,1-3H3;2-5H2,1H3/b14-10+,15-12?;10-7+;. The second-order valence-electron chi connectivity index (χ2n) is 8.35. The van der Waals surface area contributed by atoms with Gasteiger partial charge < -0.3 is 5.73 Å². The van der Waals surface area contributed by atoms with E-state index in [4.69, 9.17) is 5.73 Å². The number of unbranched alkanes of at least 4 members (excludes halogenated alkanes) is 2. The van der Waals surface area contributed by atoms with E-state index in [9.17, 15) is 4.79 Å². The summed E-state index contributed by atoms with van der Waals surface area (Å²) < 4.78 is 0. The van der Waals surface area contributed by atoms with E-state index in [0.717, 1.165) is 50.6 Å². The van der Waals surface area contributed by atoms with Gasteiger partial charge in [0, 0.05) is 12.8 Å². The number of aldehydes is 1. The van der Waals surface area contributed by atoms with Crippen LogP contribution in [0.1, 0.15) is 107 Å². The Labute approximate surface area is 194 Å². The molecule has 0 amide bonds. The van der Waals surface area contributed by atoms with E-state index in [1.165, 1.54) is 42.4 Å². The molecule has 0 spiro atoms. The van der Waals surface area contributed by atoms with Crippen LogP contribution in [0.2, 0.25) is 0 Å². The maximum absolute atomic E-state index is 10.0. The van der Waals surface area contributed by atoms with Gasteiger partial charge in [-0.3, -0.25) is 9.79 Å². The molecule has 3 heteroatoms. The molecule has 0 bridgehead atoms. The van der Waals surface area contributed by atoms with Gasteiger partial charge in [0.2, 0.25) is 0 Å². The van der Waals surface area contributed by atoms with Crippen LogP contribution in [0.3, 0.4) is 0 Å². The first kappa shape index (κ1) is 33.9. The summed E-state index contributed by atoms with van der Waals surface area (Å²) in [6.07, 6.45) is 20.1. The van der Waals surface area contributed by atoms with Crippen molar-refractivity contribution in [1.82, 2.24) is 0 Å². The van der Waals surface area contributed by atoms with Gasteiger partial charge in [0.15, 0.2) is 0 Å². The Morgan fingerprint density at radius 1 is 0.774 bits per heavy atom. The molecule has 0 aromatic carbocycles. The van der Waals surface area contributed by atoms with Gasteiger partial charge in [-0.15, -0.1) is 0 Å². The van der Waals surface area contributed by atoms with Gasteiger partial charge in [0.1, 0.15) is 6.29 Å². The van der Waals surface area contributed by atoms with E-state index in [0.29, 0.717) is 0 Å². The first-order valence-electron chi connectivity index (χ1n) is 12.0. The molecule has 0 aromatic heterocycles. The number of rotatable bonds is 13. The number of carbonyl (C=O) groups excluding carboxylic acids is 1. The maximum atomic E-state index is 10.0. The molecule has 0 saturated heterocycles. The van der Waals surface area contributed by atoms with Crippen molar-refractivity contribution in [2.45, 2.75) is 107 Å². The molecule has 0 aliphatic heterocycles. The zero-order valence-corrected chi connectivity index (χ0v) is 22.0. The van der Waals surface area contributed by atoms with Gasteiger partial charge in [-0.05, 0) is 98.8 Å². The lowest BCUT2D eigenvalue weighted by Gasteiger charge is -1.96. The van der Waals surface area contributed by atoms with Crippen molar-refractivity contribution in [3.8, 4) is 0 Å². The summed E-state index contributed by atoms with van der Waals surface area (Å²) in [5, 5.41) is 0. The summed E-state index contributed by atoms with van der Waals surface area (Å²) in [6, 6.07) is 0. The van der Waals surface area contributed by atoms with Gasteiger partial charge in [0.25, 0.3) is 0 Å². The van der Waals surface area contributed by atoms with E-state index in [1.54, 1.807) is 6.08 Å². The fraction of sp³-hybridized carbons (Fsp3) is 0.643. The van der Waals surface area contributed by atoms with Crippen molar-refractivity contribution >= 4 is 12.5 Å². The number of aliphatic imine (C=N–C) groups is 1. The number of allylic oxidation sites excluding steroid dienone is 8. The van der Waals surface area contributed by atoms with Gasteiger partial charge in [-0.1, -0.05) is 61.1 Å². The quantitative estimate of drug-likeness (QED) is 0.105. The van der Waals surface area contributed by atoms with Gasteiger partial charge in [0.05, 0.1) is 0 Å². The minimum Gasteiger partial charge on any atom is -0.330 e. The van der Waals surface area contributed by atoms with Crippen LogP contribution in [-0.2, 0) is 4.79 Å². The number of nitrogens with zero attached hydrogens (tertiary/aromatic N) is 1. The highest BCUT2D eigenvalue weighted by molar-refractivity contribution is 5.71. The summed E-state index contributed by atoms with van der Waals surface area (Å²) in [6.45, 7) is 18.7. The second kappa shape index (κ2) is 28.3. The molecule has 0 aliphatic carbocycles. The average Bonchev–Trinajstić information content (AvgIpc) is 2.69. The molecule has 0 rings (SSSR count). The van der Waals surface area contributed by atoms with Crippen LogP contribution in [0.4, 0.5) is 0 Å². The predicted molar refractivity (Wildman–Crippen MR) is 143 cm³/mol. The SMILES string of the molecule is CC(C)=CCC/C(C)=C/C=O.CCCCN.CCCCN=C/C=C(\C)CCC=C(C)C. The molecule has 31 heavy (non-hydrogen) atoms. The van der Waals surface area contributed by atoms with Crippen LogP contribution in [-0.4, -0.2) is 25.6 Å². The Kier molecular flexibility index (Phi) is 30.9. The molecule has 180 valence electrons. The molecular formula is C28H52N2O. The normalized spacial score (nSPS) is 11.1. The van der Waals surface area contributed by atoms with E-state index in [2.05, 4.69) is 71.7 Å². The van der Waals surface area contributed by atoms with Crippen LogP contribution in [0, 0.1) is 0 Å². The van der Waals surface area contributed by atoms with Crippen molar-refractivity contribution in [2.24, 2.45) is 10.7 Å². The number of hydrogen-bond donors (Lipinski definition) is 1. The molecule has 3 nitrogen and oxygen atoms in total. The summed E-state index contributed by atoms with van der Waals surface area (Å²) in [5.74, 6) is 0. The van der Waals surface area contributed by atoms with Crippen LogP contribution < -0.4 is 5.73 Å². The van der Waals surface area contributed by atoms with Crippen LogP contribution in [0.5, 0.6) is 0 Å². The van der Waals surface area contributed by atoms with E-state index >= 15 is 0 Å². The average molecular weight is 433 g/mol. The summed E-state index contributed by atoms with van der Waals surface area (Å²) >= 11 is 0. The monoisotopic (exact) mass is 432 g/mol. The predicted octanol–water partition coefficient (Wildman–Crippen LogP) is 8.17. The Morgan fingerprint density at radius 2 is 1.26 bits per heavy atom. The molecule has 0 fully saturated rings. The van der Waals surface area contributed by atoms with E-state index in [-0.39, 0.29) is 0 Å². The lowest BCUT2D eigenvalue weighted by molar-refractivity contribution is -0.104. The molecule has 0 aliphatic rings. The number of nitrogens with two attached hydrogens (primary N) is 1. The third-order valence-corrected chi connectivity index (χ3v) is 4.20. The molecule has 2 N–H and O–H groups in total. The minimum atomic E-state index is 0.844. The molecule has 0 unspecified atom stereocenters. The Morgan fingerprint density at radius 3 is 1.61 bits per heavy atom. The summed E-state index contributed by atoms with van der Waals surface area (Å²) in [5.41, 5.74) is 10.4. The van der Waals surface area contributed by atoms with Crippen molar-refractivity contribution < 1.29 is 4.79 Å². The molecule has 0 atom stereocenters. The Hall–Kier alpha value is -1.74. The zero-order valence-electron chi connectivity index (χ0n) is 22.0. The van der Waals surface area contributed by atoms with Gasteiger partial charge in [-0.2, -0.15) is 0 Å². The van der Waals surface area contributed by atoms with E-state index in [1.807, 2.05) is 13.1 Å². The van der Waals surface area contributed by atoms with Crippen molar-refractivity contribution in [2.75, 3.05) is 13.1 Å².